The SMILES string of the molecule is CCN1CCCC(NC(=O)CC2CCCNC2)C1. The van der Waals surface area contributed by atoms with Crippen LogP contribution in [0.25, 0.3) is 0 Å². The van der Waals surface area contributed by atoms with Crippen LogP contribution in [0.5, 0.6) is 0 Å². The van der Waals surface area contributed by atoms with Gasteiger partial charge >= 0.3 is 0 Å². The molecule has 2 rings (SSSR count). The van der Waals surface area contributed by atoms with Crippen LogP contribution in [0.1, 0.15) is 39.0 Å². The van der Waals surface area contributed by atoms with Crippen LogP contribution in [-0.4, -0.2) is 49.6 Å². The number of rotatable bonds is 4. The summed E-state index contributed by atoms with van der Waals surface area (Å²) in [6, 6.07) is 0.378. The summed E-state index contributed by atoms with van der Waals surface area (Å²) in [5.74, 6) is 0.802. The van der Waals surface area contributed by atoms with E-state index in [1.54, 1.807) is 0 Å². The van der Waals surface area contributed by atoms with Crippen LogP contribution in [0.4, 0.5) is 0 Å². The van der Waals surface area contributed by atoms with Crippen molar-refractivity contribution in [2.45, 2.75) is 45.1 Å². The molecule has 104 valence electrons. The second-order valence-electron chi connectivity index (χ2n) is 5.72. The van der Waals surface area contributed by atoms with Crippen molar-refractivity contribution in [3.63, 3.8) is 0 Å². The summed E-state index contributed by atoms with van der Waals surface area (Å²) < 4.78 is 0. The van der Waals surface area contributed by atoms with E-state index in [0.717, 1.165) is 32.6 Å². The molecule has 0 aromatic rings. The fourth-order valence-corrected chi connectivity index (χ4v) is 3.11. The summed E-state index contributed by atoms with van der Waals surface area (Å²) in [5, 5.41) is 6.59. The van der Waals surface area contributed by atoms with Crippen molar-refractivity contribution in [3.8, 4) is 0 Å². The number of hydrogen-bond donors (Lipinski definition) is 2. The second kappa shape index (κ2) is 7.10. The number of nitrogens with one attached hydrogen (secondary N) is 2. The molecule has 18 heavy (non-hydrogen) atoms. The average molecular weight is 253 g/mol. The molecule has 0 aromatic carbocycles. The van der Waals surface area contributed by atoms with Crippen molar-refractivity contribution in [2.24, 2.45) is 5.92 Å². The van der Waals surface area contributed by atoms with Gasteiger partial charge in [0.2, 0.25) is 5.91 Å². The summed E-state index contributed by atoms with van der Waals surface area (Å²) in [6.45, 7) is 7.64. The third-order valence-corrected chi connectivity index (χ3v) is 4.19. The van der Waals surface area contributed by atoms with Crippen molar-refractivity contribution in [2.75, 3.05) is 32.7 Å². The predicted molar refractivity (Wildman–Crippen MR) is 73.5 cm³/mol. The first-order chi connectivity index (χ1) is 8.78. The lowest BCUT2D eigenvalue weighted by Gasteiger charge is -2.32. The molecule has 4 heteroatoms. The highest BCUT2D eigenvalue weighted by Crippen LogP contribution is 2.15. The molecule has 0 aromatic heterocycles. The van der Waals surface area contributed by atoms with E-state index in [1.807, 2.05) is 0 Å². The largest absolute Gasteiger partial charge is 0.352 e. The van der Waals surface area contributed by atoms with Crippen molar-refractivity contribution >= 4 is 5.91 Å². The maximum atomic E-state index is 12.0. The molecule has 2 unspecified atom stereocenters. The molecule has 0 saturated carbocycles. The van der Waals surface area contributed by atoms with Gasteiger partial charge in [-0.25, -0.2) is 0 Å². The molecule has 1 amide bonds. The van der Waals surface area contributed by atoms with E-state index in [2.05, 4.69) is 22.5 Å². The number of likely N-dealkylation sites (tertiary alicyclic amines) is 1. The third kappa shape index (κ3) is 4.25. The molecule has 0 radical (unpaired) electrons. The molecule has 2 aliphatic heterocycles. The van der Waals surface area contributed by atoms with Gasteiger partial charge in [-0.1, -0.05) is 6.92 Å². The first kappa shape index (κ1) is 13.8. The number of carbonyl (C=O) groups excluding carboxylic acids is 1. The Labute approximate surface area is 110 Å². The highest BCUT2D eigenvalue weighted by molar-refractivity contribution is 5.76. The van der Waals surface area contributed by atoms with Crippen LogP contribution in [0.2, 0.25) is 0 Å². The number of nitrogens with zero attached hydrogens (tertiary/aromatic N) is 1. The van der Waals surface area contributed by atoms with Crippen LogP contribution in [0.15, 0.2) is 0 Å². The number of hydrogen-bond acceptors (Lipinski definition) is 3. The summed E-state index contributed by atoms with van der Waals surface area (Å²) >= 11 is 0. The highest BCUT2D eigenvalue weighted by atomic mass is 16.1. The zero-order valence-electron chi connectivity index (χ0n) is 11.6. The van der Waals surface area contributed by atoms with Crippen molar-refractivity contribution < 1.29 is 4.79 Å². The third-order valence-electron chi connectivity index (χ3n) is 4.19. The van der Waals surface area contributed by atoms with Crippen molar-refractivity contribution in [1.82, 2.24) is 15.5 Å². The van der Waals surface area contributed by atoms with Gasteiger partial charge in [0.1, 0.15) is 0 Å². The standard InChI is InChI=1S/C14H27N3O/c1-2-17-8-4-6-13(11-17)16-14(18)9-12-5-3-7-15-10-12/h12-13,15H,2-11H2,1H3,(H,16,18). The Morgan fingerprint density at radius 3 is 3.00 bits per heavy atom. The van der Waals surface area contributed by atoms with E-state index in [4.69, 9.17) is 0 Å². The molecule has 2 aliphatic rings. The Hall–Kier alpha value is -0.610. The maximum Gasteiger partial charge on any atom is 0.220 e. The van der Waals surface area contributed by atoms with E-state index in [0.29, 0.717) is 18.4 Å². The lowest BCUT2D eigenvalue weighted by atomic mass is 9.95. The summed E-state index contributed by atoms with van der Waals surface area (Å²) in [7, 11) is 0. The van der Waals surface area contributed by atoms with E-state index in [1.165, 1.54) is 25.8 Å². The quantitative estimate of drug-likeness (QED) is 0.785. The number of likely N-dealkylation sites (N-methyl/N-ethyl adjacent to an activating group) is 1. The first-order valence-electron chi connectivity index (χ1n) is 7.50. The van der Waals surface area contributed by atoms with Gasteiger partial charge in [-0.15, -0.1) is 0 Å². The molecule has 4 nitrogen and oxygen atoms in total. The fraction of sp³-hybridized carbons (Fsp3) is 0.929. The number of carbonyl (C=O) groups is 1. The van der Waals surface area contributed by atoms with E-state index < -0.39 is 0 Å². The fourth-order valence-electron chi connectivity index (χ4n) is 3.11. The molecule has 2 heterocycles. The number of amides is 1. The zero-order chi connectivity index (χ0) is 12.8. The molecule has 2 fully saturated rings. The normalized spacial score (nSPS) is 30.1. The molecular weight excluding hydrogens is 226 g/mol. The van der Waals surface area contributed by atoms with Crippen molar-refractivity contribution in [1.29, 1.82) is 0 Å². The molecule has 2 saturated heterocycles. The zero-order valence-corrected chi connectivity index (χ0v) is 11.6. The lowest BCUT2D eigenvalue weighted by Crippen LogP contribution is -2.48. The van der Waals surface area contributed by atoms with Gasteiger partial charge in [0.05, 0.1) is 0 Å². The van der Waals surface area contributed by atoms with Gasteiger partial charge < -0.3 is 15.5 Å². The monoisotopic (exact) mass is 253 g/mol. The highest BCUT2D eigenvalue weighted by Gasteiger charge is 2.22. The van der Waals surface area contributed by atoms with Crippen LogP contribution < -0.4 is 10.6 Å². The van der Waals surface area contributed by atoms with Gasteiger partial charge in [0, 0.05) is 19.0 Å². The molecule has 0 bridgehead atoms. The predicted octanol–water partition coefficient (Wildman–Crippen LogP) is 0.977. The van der Waals surface area contributed by atoms with Crippen LogP contribution in [-0.2, 0) is 4.79 Å². The first-order valence-corrected chi connectivity index (χ1v) is 7.50. The van der Waals surface area contributed by atoms with Crippen LogP contribution >= 0.6 is 0 Å². The molecule has 0 aliphatic carbocycles. The smallest absolute Gasteiger partial charge is 0.220 e. The van der Waals surface area contributed by atoms with Gasteiger partial charge in [0.25, 0.3) is 0 Å². The molecule has 2 atom stereocenters. The molecular formula is C14H27N3O. The van der Waals surface area contributed by atoms with Gasteiger partial charge in [-0.3, -0.25) is 4.79 Å². The molecule has 0 spiro atoms. The maximum absolute atomic E-state index is 12.0. The Bertz CT molecular complexity index is 264. The molecule has 2 N–H and O–H groups in total. The Morgan fingerprint density at radius 1 is 1.39 bits per heavy atom. The van der Waals surface area contributed by atoms with Crippen LogP contribution in [0.3, 0.4) is 0 Å². The van der Waals surface area contributed by atoms with E-state index >= 15 is 0 Å². The minimum Gasteiger partial charge on any atom is -0.352 e. The average Bonchev–Trinajstić information content (AvgIpc) is 2.40. The van der Waals surface area contributed by atoms with Gasteiger partial charge in [0.15, 0.2) is 0 Å². The van der Waals surface area contributed by atoms with Gasteiger partial charge in [-0.2, -0.15) is 0 Å². The topological polar surface area (TPSA) is 44.4 Å². The van der Waals surface area contributed by atoms with Crippen LogP contribution in [0, 0.1) is 5.92 Å². The minimum atomic E-state index is 0.256. The number of piperidine rings is 2. The Balaban J connectivity index is 1.69. The minimum absolute atomic E-state index is 0.256. The Kier molecular flexibility index (Phi) is 5.45. The summed E-state index contributed by atoms with van der Waals surface area (Å²) in [5.41, 5.74) is 0. The van der Waals surface area contributed by atoms with Crippen molar-refractivity contribution in [3.05, 3.63) is 0 Å². The van der Waals surface area contributed by atoms with E-state index in [9.17, 15) is 4.79 Å². The second-order valence-corrected chi connectivity index (χ2v) is 5.72. The van der Waals surface area contributed by atoms with E-state index in [-0.39, 0.29) is 5.91 Å². The van der Waals surface area contributed by atoms with Gasteiger partial charge in [-0.05, 0) is 57.8 Å². The summed E-state index contributed by atoms with van der Waals surface area (Å²) in [6.07, 6.45) is 5.47. The Morgan fingerprint density at radius 2 is 2.28 bits per heavy atom. The lowest BCUT2D eigenvalue weighted by molar-refractivity contribution is -0.123. The summed E-state index contributed by atoms with van der Waals surface area (Å²) in [4.78, 5) is 14.4.